The average molecular weight is 313 g/mol. The van der Waals surface area contributed by atoms with E-state index in [0.29, 0.717) is 0 Å². The predicted octanol–water partition coefficient (Wildman–Crippen LogP) is 3.44. The normalized spacial score (nSPS) is 21.7. The second-order valence-corrected chi connectivity index (χ2v) is 6.73. The van der Waals surface area contributed by atoms with Crippen molar-refractivity contribution in [1.29, 1.82) is 0 Å². The van der Waals surface area contributed by atoms with Gasteiger partial charge in [0.1, 0.15) is 5.76 Å². The molecule has 0 aromatic carbocycles. The van der Waals surface area contributed by atoms with E-state index >= 15 is 0 Å². The second-order valence-electron chi connectivity index (χ2n) is 6.73. The summed E-state index contributed by atoms with van der Waals surface area (Å²) in [6.45, 7) is 3.78. The smallest absolute Gasteiger partial charge is 0.117 e. The fourth-order valence-corrected chi connectivity index (χ4v) is 3.57. The quantitative estimate of drug-likeness (QED) is 0.850. The lowest BCUT2D eigenvalue weighted by Gasteiger charge is -2.32. The van der Waals surface area contributed by atoms with Crippen LogP contribution in [-0.4, -0.2) is 23.0 Å². The van der Waals surface area contributed by atoms with Crippen LogP contribution >= 0.6 is 0 Å². The van der Waals surface area contributed by atoms with Crippen molar-refractivity contribution < 1.29 is 4.42 Å². The van der Waals surface area contributed by atoms with E-state index in [9.17, 15) is 0 Å². The number of nitrogens with two attached hydrogens (primary N) is 1. The number of nitrogens with zero attached hydrogens (tertiary/aromatic N) is 2. The molecular formula is C19H27N3O. The van der Waals surface area contributed by atoms with Gasteiger partial charge in [0.15, 0.2) is 0 Å². The van der Waals surface area contributed by atoms with E-state index in [-0.39, 0.29) is 0 Å². The number of aromatic nitrogens is 1. The Kier molecular flexibility index (Phi) is 5.83. The fourth-order valence-electron chi connectivity index (χ4n) is 3.57. The first-order chi connectivity index (χ1) is 11.3. The van der Waals surface area contributed by atoms with Gasteiger partial charge in [0, 0.05) is 25.5 Å². The zero-order chi connectivity index (χ0) is 15.9. The lowest BCUT2D eigenvalue weighted by atomic mass is 9.82. The molecule has 0 atom stereocenters. The molecule has 0 radical (unpaired) electrons. The van der Waals surface area contributed by atoms with Crippen molar-refractivity contribution >= 4 is 0 Å². The van der Waals surface area contributed by atoms with E-state index in [2.05, 4.69) is 28.1 Å². The van der Waals surface area contributed by atoms with Gasteiger partial charge in [-0.25, -0.2) is 0 Å². The summed E-state index contributed by atoms with van der Waals surface area (Å²) in [6.07, 6.45) is 10.7. The summed E-state index contributed by atoms with van der Waals surface area (Å²) in [5, 5.41) is 0. The molecule has 0 amide bonds. The van der Waals surface area contributed by atoms with Crippen LogP contribution < -0.4 is 5.73 Å². The molecule has 2 heterocycles. The lowest BCUT2D eigenvalue weighted by Crippen LogP contribution is -2.32. The maximum Gasteiger partial charge on any atom is 0.117 e. The van der Waals surface area contributed by atoms with Crippen LogP contribution in [0.2, 0.25) is 0 Å². The number of hydrogen-bond acceptors (Lipinski definition) is 4. The molecule has 0 bridgehead atoms. The summed E-state index contributed by atoms with van der Waals surface area (Å²) in [4.78, 5) is 6.61. The highest BCUT2D eigenvalue weighted by atomic mass is 16.3. The van der Waals surface area contributed by atoms with E-state index in [1.165, 1.54) is 31.2 Å². The number of furan rings is 1. The van der Waals surface area contributed by atoms with Crippen LogP contribution in [0.5, 0.6) is 0 Å². The minimum atomic E-state index is 0.741. The van der Waals surface area contributed by atoms with Crippen molar-refractivity contribution in [2.45, 2.75) is 38.8 Å². The third kappa shape index (κ3) is 4.91. The summed E-state index contributed by atoms with van der Waals surface area (Å²) < 4.78 is 5.55. The first kappa shape index (κ1) is 16.2. The van der Waals surface area contributed by atoms with E-state index < -0.39 is 0 Å². The third-order valence-electron chi connectivity index (χ3n) is 4.93. The van der Waals surface area contributed by atoms with Gasteiger partial charge in [0.05, 0.1) is 12.8 Å². The monoisotopic (exact) mass is 313 g/mol. The minimum Gasteiger partial charge on any atom is -0.468 e. The van der Waals surface area contributed by atoms with Crippen molar-refractivity contribution in [2.75, 3.05) is 13.1 Å². The molecule has 23 heavy (non-hydrogen) atoms. The second kappa shape index (κ2) is 8.27. The van der Waals surface area contributed by atoms with Crippen LogP contribution in [-0.2, 0) is 13.1 Å². The SMILES string of the molecule is NCC1CCC(CN(Cc2ccncc2)Cc2ccco2)CC1. The van der Waals surface area contributed by atoms with E-state index in [1.54, 1.807) is 6.26 Å². The third-order valence-corrected chi connectivity index (χ3v) is 4.93. The molecule has 0 spiro atoms. The molecule has 124 valence electrons. The molecule has 0 aliphatic heterocycles. The predicted molar refractivity (Wildman–Crippen MR) is 91.6 cm³/mol. The van der Waals surface area contributed by atoms with Gasteiger partial charge >= 0.3 is 0 Å². The molecule has 2 N–H and O–H groups in total. The van der Waals surface area contributed by atoms with Crippen LogP contribution in [0.25, 0.3) is 0 Å². The van der Waals surface area contributed by atoms with Gasteiger partial charge in [-0.1, -0.05) is 0 Å². The number of rotatable bonds is 7. The Morgan fingerprint density at radius 2 is 1.78 bits per heavy atom. The Morgan fingerprint density at radius 3 is 2.43 bits per heavy atom. The number of pyridine rings is 1. The molecule has 2 aromatic heterocycles. The fraction of sp³-hybridized carbons (Fsp3) is 0.526. The zero-order valence-electron chi connectivity index (χ0n) is 13.7. The summed E-state index contributed by atoms with van der Waals surface area (Å²) in [5.74, 6) is 2.55. The highest BCUT2D eigenvalue weighted by Gasteiger charge is 2.22. The van der Waals surface area contributed by atoms with Gasteiger partial charge in [-0.3, -0.25) is 9.88 Å². The summed E-state index contributed by atoms with van der Waals surface area (Å²) in [6, 6.07) is 8.22. The van der Waals surface area contributed by atoms with Gasteiger partial charge in [-0.15, -0.1) is 0 Å². The summed E-state index contributed by atoms with van der Waals surface area (Å²) in [5.41, 5.74) is 7.12. The molecule has 3 rings (SSSR count). The molecule has 1 saturated carbocycles. The van der Waals surface area contributed by atoms with Gasteiger partial charge in [0.25, 0.3) is 0 Å². The van der Waals surface area contributed by atoms with Crippen LogP contribution in [0.1, 0.15) is 37.0 Å². The van der Waals surface area contributed by atoms with Gasteiger partial charge < -0.3 is 10.2 Å². The van der Waals surface area contributed by atoms with Crippen molar-refractivity contribution in [3.63, 3.8) is 0 Å². The first-order valence-electron chi connectivity index (χ1n) is 8.67. The van der Waals surface area contributed by atoms with Gasteiger partial charge in [-0.05, 0) is 73.9 Å². The maximum atomic E-state index is 5.81. The van der Waals surface area contributed by atoms with Crippen LogP contribution in [0, 0.1) is 11.8 Å². The topological polar surface area (TPSA) is 55.3 Å². The highest BCUT2D eigenvalue weighted by molar-refractivity contribution is 5.10. The Balaban J connectivity index is 1.60. The lowest BCUT2D eigenvalue weighted by molar-refractivity contribution is 0.161. The molecule has 4 heteroatoms. The van der Waals surface area contributed by atoms with Crippen molar-refractivity contribution in [1.82, 2.24) is 9.88 Å². The Hall–Kier alpha value is -1.65. The van der Waals surface area contributed by atoms with Crippen LogP contribution in [0.4, 0.5) is 0 Å². The maximum absolute atomic E-state index is 5.81. The molecular weight excluding hydrogens is 286 g/mol. The largest absolute Gasteiger partial charge is 0.468 e. The Bertz CT molecular complexity index is 547. The van der Waals surface area contributed by atoms with Crippen molar-refractivity contribution in [2.24, 2.45) is 17.6 Å². The summed E-state index contributed by atoms with van der Waals surface area (Å²) >= 11 is 0. The molecule has 0 unspecified atom stereocenters. The number of hydrogen-bond donors (Lipinski definition) is 1. The van der Waals surface area contributed by atoms with E-state index in [4.69, 9.17) is 10.2 Å². The minimum absolute atomic E-state index is 0.741. The van der Waals surface area contributed by atoms with Crippen LogP contribution in [0.15, 0.2) is 47.3 Å². The molecule has 1 aliphatic rings. The molecule has 1 fully saturated rings. The first-order valence-corrected chi connectivity index (χ1v) is 8.67. The molecule has 0 saturated heterocycles. The van der Waals surface area contributed by atoms with Crippen LogP contribution in [0.3, 0.4) is 0 Å². The Labute approximate surface area is 138 Å². The van der Waals surface area contributed by atoms with E-state index in [1.807, 2.05) is 18.5 Å². The standard InChI is InChI=1S/C19H27N3O/c20-12-16-3-5-17(6-4-16)13-22(15-19-2-1-11-23-19)14-18-7-9-21-10-8-18/h1-2,7-11,16-17H,3-6,12-15,20H2. The highest BCUT2D eigenvalue weighted by Crippen LogP contribution is 2.29. The summed E-state index contributed by atoms with van der Waals surface area (Å²) in [7, 11) is 0. The molecule has 1 aliphatic carbocycles. The molecule has 2 aromatic rings. The molecule has 4 nitrogen and oxygen atoms in total. The van der Waals surface area contributed by atoms with Crippen molar-refractivity contribution in [3.8, 4) is 0 Å². The Morgan fingerprint density at radius 1 is 1.04 bits per heavy atom. The van der Waals surface area contributed by atoms with Crippen molar-refractivity contribution in [3.05, 3.63) is 54.2 Å². The van der Waals surface area contributed by atoms with Gasteiger partial charge in [-0.2, -0.15) is 0 Å². The average Bonchev–Trinajstić information content (AvgIpc) is 3.09. The zero-order valence-corrected chi connectivity index (χ0v) is 13.7. The van der Waals surface area contributed by atoms with E-state index in [0.717, 1.165) is 43.8 Å². The van der Waals surface area contributed by atoms with Gasteiger partial charge in [0.2, 0.25) is 0 Å².